The molecule has 0 saturated carbocycles. The second-order valence-electron chi connectivity index (χ2n) is 4.60. The summed E-state index contributed by atoms with van der Waals surface area (Å²) in [5, 5.41) is 3.32. The van der Waals surface area contributed by atoms with Gasteiger partial charge in [-0.25, -0.2) is 0 Å². The Morgan fingerprint density at radius 3 is 2.45 bits per heavy atom. The van der Waals surface area contributed by atoms with Crippen LogP contribution < -0.4 is 11.1 Å². The first-order valence-corrected chi connectivity index (χ1v) is 6.91. The number of halogens is 1. The van der Waals surface area contributed by atoms with Gasteiger partial charge in [0.15, 0.2) is 0 Å². The summed E-state index contributed by atoms with van der Waals surface area (Å²) in [7, 11) is 0. The summed E-state index contributed by atoms with van der Waals surface area (Å²) < 4.78 is 0. The van der Waals surface area contributed by atoms with Crippen LogP contribution in [0.3, 0.4) is 0 Å². The molecule has 0 radical (unpaired) electrons. The maximum atomic E-state index is 11.9. The molecule has 2 amide bonds. The minimum atomic E-state index is -0.607. The summed E-state index contributed by atoms with van der Waals surface area (Å²) in [4.78, 5) is 25.3. The molecular weight excluding hydrogens is 278 g/mol. The first kappa shape index (κ1) is 16.5. The topological polar surface area (TPSA) is 75.4 Å². The second-order valence-corrected chi connectivity index (χ2v) is 5.04. The molecule has 0 aromatic heterocycles. The molecule has 0 spiro atoms. The molecule has 1 aromatic carbocycles. The zero-order chi connectivity index (χ0) is 15.1. The lowest BCUT2D eigenvalue weighted by molar-refractivity contribution is -0.135. The molecule has 0 heterocycles. The highest BCUT2D eigenvalue weighted by atomic mass is 35.5. The third kappa shape index (κ3) is 5.19. The van der Waals surface area contributed by atoms with Crippen molar-refractivity contribution in [2.24, 2.45) is 5.73 Å². The van der Waals surface area contributed by atoms with Gasteiger partial charge in [-0.3, -0.25) is 9.59 Å². The molecule has 0 aliphatic heterocycles. The molecule has 0 aliphatic carbocycles. The zero-order valence-electron chi connectivity index (χ0n) is 11.7. The van der Waals surface area contributed by atoms with Gasteiger partial charge in [-0.05, 0) is 37.6 Å². The van der Waals surface area contributed by atoms with Gasteiger partial charge in [0.25, 0.3) is 0 Å². The zero-order valence-corrected chi connectivity index (χ0v) is 12.5. The van der Waals surface area contributed by atoms with Crippen LogP contribution in [0.15, 0.2) is 24.3 Å². The number of hydrogen-bond donors (Lipinski definition) is 2. The molecule has 110 valence electrons. The third-order valence-corrected chi connectivity index (χ3v) is 2.91. The van der Waals surface area contributed by atoms with Gasteiger partial charge in [0.1, 0.15) is 0 Å². The number of nitrogens with one attached hydrogen (secondary N) is 1. The average Bonchev–Trinajstić information content (AvgIpc) is 2.40. The maximum Gasteiger partial charge on any atom is 0.243 e. The second kappa shape index (κ2) is 7.87. The summed E-state index contributed by atoms with van der Waals surface area (Å²) in [6.07, 6.45) is 0.771. The molecule has 1 rings (SSSR count). The first-order valence-electron chi connectivity index (χ1n) is 6.53. The number of anilines is 1. The van der Waals surface area contributed by atoms with E-state index in [4.69, 9.17) is 17.3 Å². The van der Waals surface area contributed by atoms with Crippen LogP contribution in [-0.4, -0.2) is 35.8 Å². The van der Waals surface area contributed by atoms with E-state index in [1.165, 1.54) is 4.90 Å². The predicted molar refractivity (Wildman–Crippen MR) is 80.6 cm³/mol. The van der Waals surface area contributed by atoms with Crippen LogP contribution in [0.5, 0.6) is 0 Å². The van der Waals surface area contributed by atoms with Crippen LogP contribution in [0.4, 0.5) is 5.69 Å². The molecule has 1 atom stereocenters. The maximum absolute atomic E-state index is 11.9. The van der Waals surface area contributed by atoms with Crippen molar-refractivity contribution >= 4 is 29.1 Å². The Labute approximate surface area is 124 Å². The van der Waals surface area contributed by atoms with Gasteiger partial charge >= 0.3 is 0 Å². The summed E-state index contributed by atoms with van der Waals surface area (Å²) in [6, 6.07) is 6.18. The van der Waals surface area contributed by atoms with Gasteiger partial charge in [0.2, 0.25) is 11.8 Å². The highest BCUT2D eigenvalue weighted by molar-refractivity contribution is 6.30. The Bertz CT molecular complexity index is 460. The number of benzene rings is 1. The number of hydrogen-bond acceptors (Lipinski definition) is 3. The Kier molecular flexibility index (Phi) is 6.48. The van der Waals surface area contributed by atoms with Crippen LogP contribution >= 0.6 is 11.6 Å². The molecule has 1 aromatic rings. The molecule has 0 bridgehead atoms. The van der Waals surface area contributed by atoms with Crippen LogP contribution in [0.1, 0.15) is 20.3 Å². The average molecular weight is 298 g/mol. The van der Waals surface area contributed by atoms with Gasteiger partial charge in [-0.2, -0.15) is 0 Å². The lowest BCUT2D eigenvalue weighted by Gasteiger charge is -2.23. The van der Waals surface area contributed by atoms with Crippen molar-refractivity contribution in [2.75, 3.05) is 18.4 Å². The van der Waals surface area contributed by atoms with Gasteiger partial charge in [0, 0.05) is 17.3 Å². The fourth-order valence-electron chi connectivity index (χ4n) is 1.73. The smallest absolute Gasteiger partial charge is 0.243 e. The number of nitrogens with zero attached hydrogens (tertiary/aromatic N) is 1. The van der Waals surface area contributed by atoms with E-state index in [0.717, 1.165) is 6.42 Å². The summed E-state index contributed by atoms with van der Waals surface area (Å²) in [5.74, 6) is -0.479. The Morgan fingerprint density at radius 1 is 1.35 bits per heavy atom. The van der Waals surface area contributed by atoms with Gasteiger partial charge < -0.3 is 16.0 Å². The molecule has 0 saturated heterocycles. The molecule has 0 fully saturated rings. The van der Waals surface area contributed by atoms with Crippen molar-refractivity contribution < 1.29 is 9.59 Å². The first-order chi connectivity index (χ1) is 9.43. The number of carbonyl (C=O) groups is 2. The molecule has 0 unspecified atom stereocenters. The van der Waals surface area contributed by atoms with E-state index in [9.17, 15) is 9.59 Å². The lowest BCUT2D eigenvalue weighted by Crippen LogP contribution is -2.45. The number of carbonyl (C=O) groups excluding carboxylic acids is 2. The van der Waals surface area contributed by atoms with E-state index in [1.54, 1.807) is 31.2 Å². The molecular formula is C14H20ClN3O2. The quantitative estimate of drug-likeness (QED) is 0.841. The fourth-order valence-corrected chi connectivity index (χ4v) is 1.86. The van der Waals surface area contributed by atoms with E-state index in [2.05, 4.69) is 5.32 Å². The summed E-state index contributed by atoms with van der Waals surface area (Å²) in [5.41, 5.74) is 6.22. The van der Waals surface area contributed by atoms with Crippen molar-refractivity contribution in [1.82, 2.24) is 4.90 Å². The van der Waals surface area contributed by atoms with Crippen LogP contribution in [0.25, 0.3) is 0 Å². The van der Waals surface area contributed by atoms with E-state index in [1.807, 2.05) is 6.92 Å². The molecule has 0 aliphatic rings. The number of nitrogens with two attached hydrogens (primary N) is 1. The van der Waals surface area contributed by atoms with Gasteiger partial charge in [-0.15, -0.1) is 0 Å². The molecule has 20 heavy (non-hydrogen) atoms. The van der Waals surface area contributed by atoms with E-state index in [-0.39, 0.29) is 18.4 Å². The largest absolute Gasteiger partial charge is 0.332 e. The fraction of sp³-hybridized carbons (Fsp3) is 0.429. The highest BCUT2D eigenvalue weighted by Gasteiger charge is 2.19. The Hall–Kier alpha value is -1.59. The van der Waals surface area contributed by atoms with Gasteiger partial charge in [0.05, 0.1) is 12.6 Å². The third-order valence-electron chi connectivity index (χ3n) is 2.66. The monoisotopic (exact) mass is 297 g/mol. The molecule has 5 nitrogen and oxygen atoms in total. The number of amides is 2. The lowest BCUT2D eigenvalue weighted by atomic mass is 10.2. The van der Waals surface area contributed by atoms with Crippen molar-refractivity contribution in [3.63, 3.8) is 0 Å². The Morgan fingerprint density at radius 2 is 1.95 bits per heavy atom. The minimum absolute atomic E-state index is 0.00314. The standard InChI is InChI=1S/C14H20ClN3O2/c1-3-8-18(14(20)10(2)16)9-13(19)17-12-6-4-11(15)5-7-12/h4-7,10H,3,8-9,16H2,1-2H3,(H,17,19)/t10-/m0/s1. The van der Waals surface area contributed by atoms with Gasteiger partial charge in [-0.1, -0.05) is 18.5 Å². The summed E-state index contributed by atoms with van der Waals surface area (Å²) in [6.45, 7) is 4.06. The van der Waals surface area contributed by atoms with Crippen molar-refractivity contribution in [1.29, 1.82) is 0 Å². The molecule has 6 heteroatoms. The SMILES string of the molecule is CCCN(CC(=O)Nc1ccc(Cl)cc1)C(=O)[C@H](C)N. The van der Waals surface area contributed by atoms with Crippen LogP contribution in [-0.2, 0) is 9.59 Å². The Balaban J connectivity index is 2.62. The van der Waals surface area contributed by atoms with E-state index >= 15 is 0 Å². The molecule has 3 N–H and O–H groups in total. The van der Waals surface area contributed by atoms with Crippen molar-refractivity contribution in [3.05, 3.63) is 29.3 Å². The van der Waals surface area contributed by atoms with E-state index < -0.39 is 6.04 Å². The highest BCUT2D eigenvalue weighted by Crippen LogP contribution is 2.13. The van der Waals surface area contributed by atoms with Crippen LogP contribution in [0.2, 0.25) is 5.02 Å². The predicted octanol–water partition coefficient (Wildman–Crippen LogP) is 1.86. The minimum Gasteiger partial charge on any atom is -0.332 e. The van der Waals surface area contributed by atoms with Crippen molar-refractivity contribution in [2.45, 2.75) is 26.3 Å². The normalized spacial score (nSPS) is 11.8. The summed E-state index contributed by atoms with van der Waals surface area (Å²) >= 11 is 5.77. The number of rotatable bonds is 6. The van der Waals surface area contributed by atoms with Crippen molar-refractivity contribution in [3.8, 4) is 0 Å². The van der Waals surface area contributed by atoms with E-state index in [0.29, 0.717) is 17.3 Å². The van der Waals surface area contributed by atoms with Crippen LogP contribution in [0, 0.1) is 0 Å².